The fourth-order valence-electron chi connectivity index (χ4n) is 4.37. The zero-order valence-electron chi connectivity index (χ0n) is 22.9. The van der Waals surface area contributed by atoms with Crippen molar-refractivity contribution in [3.63, 3.8) is 0 Å². The maximum Gasteiger partial charge on any atom is 0.283 e. The second-order valence-electron chi connectivity index (χ2n) is 9.60. The van der Waals surface area contributed by atoms with Crippen molar-refractivity contribution in [2.75, 3.05) is 43.6 Å². The summed E-state index contributed by atoms with van der Waals surface area (Å²) in [5, 5.41) is 21.1. The second kappa shape index (κ2) is 12.1. The number of anilines is 3. The number of hydrogen-bond donors (Lipinski definition) is 3. The predicted molar refractivity (Wildman–Crippen MR) is 162 cm³/mol. The highest BCUT2D eigenvalue weighted by Crippen LogP contribution is 2.35. The minimum Gasteiger partial charge on any atom is -0.383 e. The third kappa shape index (κ3) is 5.86. The molecule has 0 aliphatic heterocycles. The van der Waals surface area contributed by atoms with Crippen LogP contribution in [0.25, 0.3) is 11.2 Å². The SMILES string of the molecule is C[C@H](Nc1ncnc(N)c1C#N)c1nn2ccc(Sc3ccccc3NCCN(C)C)c2c(=O)n1-c1ccccc1. The number of aromatic nitrogens is 5. The third-order valence-corrected chi connectivity index (χ3v) is 7.52. The van der Waals surface area contributed by atoms with E-state index in [2.05, 4.69) is 25.5 Å². The van der Waals surface area contributed by atoms with Crippen molar-refractivity contribution in [2.24, 2.45) is 0 Å². The maximum absolute atomic E-state index is 14.2. The van der Waals surface area contributed by atoms with Crippen LogP contribution in [0, 0.1) is 11.3 Å². The van der Waals surface area contributed by atoms with E-state index in [1.165, 1.54) is 18.1 Å². The molecule has 0 aliphatic carbocycles. The van der Waals surface area contributed by atoms with Crippen LogP contribution in [0.5, 0.6) is 0 Å². The average Bonchev–Trinajstić information content (AvgIpc) is 3.37. The molecule has 0 amide bonds. The van der Waals surface area contributed by atoms with Crippen LogP contribution in [0.3, 0.4) is 0 Å². The first-order valence-corrected chi connectivity index (χ1v) is 13.8. The van der Waals surface area contributed by atoms with Gasteiger partial charge in [0.1, 0.15) is 35.1 Å². The lowest BCUT2D eigenvalue weighted by Gasteiger charge is -2.20. The zero-order chi connectivity index (χ0) is 28.9. The van der Waals surface area contributed by atoms with Crippen LogP contribution in [-0.4, -0.2) is 56.2 Å². The summed E-state index contributed by atoms with van der Waals surface area (Å²) in [6.45, 7) is 3.54. The highest BCUT2D eigenvalue weighted by molar-refractivity contribution is 7.99. The van der Waals surface area contributed by atoms with Gasteiger partial charge in [0.05, 0.1) is 11.7 Å². The molecule has 41 heavy (non-hydrogen) atoms. The van der Waals surface area contributed by atoms with Crippen molar-refractivity contribution >= 4 is 34.6 Å². The summed E-state index contributed by atoms with van der Waals surface area (Å²) in [6, 6.07) is 20.8. The molecule has 0 saturated heterocycles. The summed E-state index contributed by atoms with van der Waals surface area (Å²) in [7, 11) is 4.08. The number of fused-ring (bicyclic) bond motifs is 1. The molecule has 208 valence electrons. The van der Waals surface area contributed by atoms with Crippen LogP contribution < -0.4 is 21.9 Å². The van der Waals surface area contributed by atoms with Crippen LogP contribution in [0.4, 0.5) is 17.3 Å². The lowest BCUT2D eigenvalue weighted by Crippen LogP contribution is -2.29. The van der Waals surface area contributed by atoms with Gasteiger partial charge in [-0.2, -0.15) is 10.4 Å². The number of nitrogen functional groups attached to an aromatic ring is 1. The molecule has 0 bridgehead atoms. The van der Waals surface area contributed by atoms with Crippen molar-refractivity contribution in [1.29, 1.82) is 5.26 Å². The van der Waals surface area contributed by atoms with Crippen LogP contribution in [0.2, 0.25) is 0 Å². The molecule has 5 rings (SSSR count). The summed E-state index contributed by atoms with van der Waals surface area (Å²) >= 11 is 1.52. The first-order valence-electron chi connectivity index (χ1n) is 13.0. The topological polar surface area (TPSA) is 142 Å². The second-order valence-corrected chi connectivity index (χ2v) is 10.7. The summed E-state index contributed by atoms with van der Waals surface area (Å²) in [5.41, 5.74) is 7.93. The first-order chi connectivity index (χ1) is 19.9. The standard InChI is InChI=1S/C29H30N10OS/c1-19(35-27-21(17-30)26(31)33-18-34-27)28-36-38-15-13-24(25(38)29(40)39(28)20-9-5-4-6-10-20)41-23-12-8-7-11-22(23)32-14-16-37(2)3/h4-13,15,18-19,32H,14,16H2,1-3H3,(H3,31,33,34,35)/t19-/m0/s1. The summed E-state index contributed by atoms with van der Waals surface area (Å²) < 4.78 is 3.20. The van der Waals surface area contributed by atoms with Crippen LogP contribution in [-0.2, 0) is 0 Å². The van der Waals surface area contributed by atoms with E-state index >= 15 is 0 Å². The van der Waals surface area contributed by atoms with E-state index < -0.39 is 6.04 Å². The molecule has 0 aliphatic rings. The van der Waals surface area contributed by atoms with E-state index in [4.69, 9.17) is 10.8 Å². The molecule has 3 heterocycles. The van der Waals surface area contributed by atoms with E-state index in [1.54, 1.807) is 15.3 Å². The quantitative estimate of drug-likeness (QED) is 0.227. The minimum absolute atomic E-state index is 0.0737. The molecule has 0 radical (unpaired) electrons. The number of para-hydroxylation sites is 2. The van der Waals surface area contributed by atoms with Crippen LogP contribution in [0.15, 0.2) is 87.8 Å². The summed E-state index contributed by atoms with van der Waals surface area (Å²) in [4.78, 5) is 26.2. The Bertz CT molecular complexity index is 1770. The number of nitriles is 1. The monoisotopic (exact) mass is 566 g/mol. The van der Waals surface area contributed by atoms with Gasteiger partial charge >= 0.3 is 0 Å². The molecular weight excluding hydrogens is 536 g/mol. The molecule has 5 aromatic rings. The van der Waals surface area contributed by atoms with E-state index in [0.29, 0.717) is 17.0 Å². The summed E-state index contributed by atoms with van der Waals surface area (Å²) in [5.74, 6) is 0.779. The Morgan fingerprint density at radius 3 is 2.59 bits per heavy atom. The van der Waals surface area contributed by atoms with Gasteiger partial charge in [-0.25, -0.2) is 14.5 Å². The van der Waals surface area contributed by atoms with Crippen LogP contribution in [0.1, 0.15) is 24.4 Å². The maximum atomic E-state index is 14.2. The van der Waals surface area contributed by atoms with Gasteiger partial charge in [-0.1, -0.05) is 42.1 Å². The molecule has 0 unspecified atom stereocenters. The van der Waals surface area contributed by atoms with Crippen molar-refractivity contribution < 1.29 is 0 Å². The Hall–Kier alpha value is -4.86. The largest absolute Gasteiger partial charge is 0.383 e. The number of benzene rings is 2. The Labute approximate surface area is 241 Å². The van der Waals surface area contributed by atoms with E-state index in [0.717, 1.165) is 28.6 Å². The smallest absolute Gasteiger partial charge is 0.283 e. The Balaban J connectivity index is 1.58. The van der Waals surface area contributed by atoms with E-state index in [1.807, 2.05) is 87.8 Å². The lowest BCUT2D eigenvalue weighted by molar-refractivity contribution is 0.425. The number of hydrogen-bond acceptors (Lipinski definition) is 10. The highest BCUT2D eigenvalue weighted by Gasteiger charge is 2.22. The Kier molecular flexibility index (Phi) is 8.19. The van der Waals surface area contributed by atoms with Crippen molar-refractivity contribution in [3.8, 4) is 11.8 Å². The van der Waals surface area contributed by atoms with Gasteiger partial charge in [-0.15, -0.1) is 0 Å². The predicted octanol–water partition coefficient (Wildman–Crippen LogP) is 4.03. The van der Waals surface area contributed by atoms with E-state index in [-0.39, 0.29) is 22.8 Å². The summed E-state index contributed by atoms with van der Waals surface area (Å²) in [6.07, 6.45) is 3.07. The molecule has 4 N–H and O–H groups in total. The molecule has 0 spiro atoms. The molecule has 0 saturated carbocycles. The van der Waals surface area contributed by atoms with Crippen molar-refractivity contribution in [1.82, 2.24) is 29.0 Å². The molecular formula is C29H30N10OS. The number of nitrogens with one attached hydrogen (secondary N) is 2. The number of nitrogens with two attached hydrogens (primary N) is 1. The minimum atomic E-state index is -0.520. The van der Waals surface area contributed by atoms with Gasteiger partial charge in [0, 0.05) is 34.8 Å². The molecule has 0 fully saturated rings. The van der Waals surface area contributed by atoms with Gasteiger partial charge in [0.15, 0.2) is 5.82 Å². The fraction of sp³-hybridized carbons (Fsp3) is 0.207. The lowest BCUT2D eigenvalue weighted by atomic mass is 10.2. The Morgan fingerprint density at radius 1 is 1.07 bits per heavy atom. The number of nitrogens with zero attached hydrogens (tertiary/aromatic N) is 7. The number of rotatable bonds is 10. The van der Waals surface area contributed by atoms with Gasteiger partial charge < -0.3 is 21.3 Å². The molecule has 11 nitrogen and oxygen atoms in total. The molecule has 1 atom stereocenters. The van der Waals surface area contributed by atoms with Gasteiger partial charge in [-0.05, 0) is 51.4 Å². The molecule has 2 aromatic carbocycles. The average molecular weight is 567 g/mol. The Morgan fingerprint density at radius 2 is 1.83 bits per heavy atom. The van der Waals surface area contributed by atoms with Gasteiger partial charge in [-0.3, -0.25) is 9.36 Å². The molecule has 12 heteroatoms. The normalized spacial score (nSPS) is 11.9. The van der Waals surface area contributed by atoms with Crippen LogP contribution >= 0.6 is 11.8 Å². The van der Waals surface area contributed by atoms with Gasteiger partial charge in [0.2, 0.25) is 0 Å². The zero-order valence-corrected chi connectivity index (χ0v) is 23.8. The molecule has 3 aromatic heterocycles. The fourth-order valence-corrected chi connectivity index (χ4v) is 5.41. The van der Waals surface area contributed by atoms with Crippen molar-refractivity contribution in [3.05, 3.63) is 94.9 Å². The van der Waals surface area contributed by atoms with Crippen molar-refractivity contribution in [2.45, 2.75) is 22.8 Å². The van der Waals surface area contributed by atoms with Gasteiger partial charge in [0.25, 0.3) is 5.56 Å². The van der Waals surface area contributed by atoms with E-state index in [9.17, 15) is 10.1 Å². The first kappa shape index (κ1) is 27.7. The number of likely N-dealkylation sites (N-methyl/N-ethyl adjacent to an activating group) is 1. The third-order valence-electron chi connectivity index (χ3n) is 6.40. The highest BCUT2D eigenvalue weighted by atomic mass is 32.2.